The smallest absolute Gasteiger partial charge is 0.161 e. The molecule has 4 nitrogen and oxygen atoms in total. The molecule has 0 aliphatic heterocycles. The van der Waals surface area contributed by atoms with E-state index in [1.165, 1.54) is 6.92 Å². The molecule has 0 aliphatic carbocycles. The molecule has 4 heteroatoms. The summed E-state index contributed by atoms with van der Waals surface area (Å²) in [5.74, 6) is -0.0215. The molecule has 98 valence electrons. The highest BCUT2D eigenvalue weighted by Gasteiger charge is 2.05. The molecule has 0 amide bonds. The van der Waals surface area contributed by atoms with E-state index in [9.17, 15) is 4.79 Å². The van der Waals surface area contributed by atoms with Gasteiger partial charge < -0.3 is 11.1 Å². The van der Waals surface area contributed by atoms with Crippen molar-refractivity contribution in [3.05, 3.63) is 53.3 Å². The van der Waals surface area contributed by atoms with Crippen molar-refractivity contribution in [2.24, 2.45) is 0 Å². The van der Waals surface area contributed by atoms with Crippen LogP contribution in [0, 0.1) is 6.92 Å². The average molecular weight is 255 g/mol. The third-order valence-corrected chi connectivity index (χ3v) is 2.90. The first-order valence-electron chi connectivity index (χ1n) is 6.12. The van der Waals surface area contributed by atoms with Crippen LogP contribution in [0.3, 0.4) is 0 Å². The molecule has 0 saturated carbocycles. The minimum absolute atomic E-state index is 0.0215. The highest BCUT2D eigenvalue weighted by atomic mass is 16.1. The summed E-state index contributed by atoms with van der Waals surface area (Å²) in [6.07, 6.45) is 1.84. The fourth-order valence-corrected chi connectivity index (χ4v) is 1.80. The van der Waals surface area contributed by atoms with E-state index in [4.69, 9.17) is 5.73 Å². The Balaban J connectivity index is 2.06. The second-order valence-electron chi connectivity index (χ2n) is 4.52. The molecule has 0 radical (unpaired) electrons. The first-order chi connectivity index (χ1) is 9.06. The highest BCUT2D eigenvalue weighted by molar-refractivity contribution is 5.99. The van der Waals surface area contributed by atoms with E-state index >= 15 is 0 Å². The van der Waals surface area contributed by atoms with Gasteiger partial charge in [0.15, 0.2) is 5.78 Å². The lowest BCUT2D eigenvalue weighted by molar-refractivity contribution is 0.101. The van der Waals surface area contributed by atoms with Crippen molar-refractivity contribution in [3.8, 4) is 0 Å². The van der Waals surface area contributed by atoms with Crippen LogP contribution in [0.5, 0.6) is 0 Å². The largest absolute Gasteiger partial charge is 0.398 e. The number of aryl methyl sites for hydroxylation is 1. The van der Waals surface area contributed by atoms with Crippen molar-refractivity contribution in [1.82, 2.24) is 4.98 Å². The summed E-state index contributed by atoms with van der Waals surface area (Å²) >= 11 is 0. The van der Waals surface area contributed by atoms with Crippen molar-refractivity contribution in [1.29, 1.82) is 0 Å². The normalized spacial score (nSPS) is 10.2. The minimum Gasteiger partial charge on any atom is -0.398 e. The van der Waals surface area contributed by atoms with Gasteiger partial charge in [-0.3, -0.25) is 9.78 Å². The fraction of sp³-hybridized carbons (Fsp3) is 0.200. The Hall–Kier alpha value is -2.36. The Kier molecular flexibility index (Phi) is 3.80. The number of nitrogens with one attached hydrogen (secondary N) is 1. The van der Waals surface area contributed by atoms with Crippen LogP contribution in [-0.2, 0) is 6.54 Å². The summed E-state index contributed by atoms with van der Waals surface area (Å²) in [7, 11) is 0. The Morgan fingerprint density at radius 2 is 2.11 bits per heavy atom. The number of nitrogens with two attached hydrogens (primary N) is 1. The van der Waals surface area contributed by atoms with E-state index in [0.29, 0.717) is 17.8 Å². The monoisotopic (exact) mass is 255 g/mol. The Labute approximate surface area is 112 Å². The maximum atomic E-state index is 11.3. The second kappa shape index (κ2) is 5.52. The molecule has 0 spiro atoms. The van der Waals surface area contributed by atoms with Gasteiger partial charge in [0.2, 0.25) is 0 Å². The van der Waals surface area contributed by atoms with Gasteiger partial charge in [-0.2, -0.15) is 0 Å². The van der Waals surface area contributed by atoms with Crippen LogP contribution in [0.15, 0.2) is 36.5 Å². The zero-order valence-corrected chi connectivity index (χ0v) is 11.1. The van der Waals surface area contributed by atoms with Crippen molar-refractivity contribution in [2.45, 2.75) is 20.4 Å². The number of ketones is 1. The summed E-state index contributed by atoms with van der Waals surface area (Å²) in [4.78, 5) is 15.5. The summed E-state index contributed by atoms with van der Waals surface area (Å²) in [6.45, 7) is 4.14. The molecular weight excluding hydrogens is 238 g/mol. The molecule has 0 aliphatic rings. The summed E-state index contributed by atoms with van der Waals surface area (Å²) < 4.78 is 0. The quantitative estimate of drug-likeness (QED) is 0.651. The summed E-state index contributed by atoms with van der Waals surface area (Å²) in [5, 5.41) is 3.26. The number of anilines is 2. The second-order valence-corrected chi connectivity index (χ2v) is 4.52. The minimum atomic E-state index is -0.0215. The Morgan fingerprint density at radius 3 is 2.68 bits per heavy atom. The van der Waals surface area contributed by atoms with E-state index in [0.717, 1.165) is 16.9 Å². The van der Waals surface area contributed by atoms with Gasteiger partial charge in [-0.25, -0.2) is 0 Å². The van der Waals surface area contributed by atoms with Crippen molar-refractivity contribution in [2.75, 3.05) is 11.1 Å². The number of carbonyl (C=O) groups excluding carboxylic acids is 1. The lowest BCUT2D eigenvalue weighted by atomic mass is 10.1. The van der Waals surface area contributed by atoms with Crippen LogP contribution >= 0.6 is 0 Å². The number of pyridine rings is 1. The van der Waals surface area contributed by atoms with Gasteiger partial charge >= 0.3 is 0 Å². The number of aromatic nitrogens is 1. The molecule has 0 atom stereocenters. The van der Waals surface area contributed by atoms with Crippen LogP contribution < -0.4 is 11.1 Å². The van der Waals surface area contributed by atoms with Gasteiger partial charge in [-0.05, 0) is 43.7 Å². The molecule has 3 N–H and O–H groups in total. The zero-order chi connectivity index (χ0) is 13.8. The SMILES string of the molecule is CC(=O)c1ccc(NCc2ccc(C)nc2)cc1N. The van der Waals surface area contributed by atoms with Crippen LogP contribution in [-0.4, -0.2) is 10.8 Å². The highest BCUT2D eigenvalue weighted by Crippen LogP contribution is 2.19. The van der Waals surface area contributed by atoms with Crippen LogP contribution in [0.4, 0.5) is 11.4 Å². The number of Topliss-reactive ketones (excluding diaryl/α,β-unsaturated/α-hetero) is 1. The van der Waals surface area contributed by atoms with Gasteiger partial charge in [0.05, 0.1) is 0 Å². The zero-order valence-electron chi connectivity index (χ0n) is 11.1. The predicted molar refractivity (Wildman–Crippen MR) is 77.2 cm³/mol. The summed E-state index contributed by atoms with van der Waals surface area (Å²) in [6, 6.07) is 9.38. The maximum absolute atomic E-state index is 11.3. The lowest BCUT2D eigenvalue weighted by Crippen LogP contribution is -2.03. The van der Waals surface area contributed by atoms with Gasteiger partial charge in [0.25, 0.3) is 0 Å². The molecular formula is C15H17N3O. The molecule has 0 saturated heterocycles. The number of carbonyl (C=O) groups is 1. The molecule has 0 fully saturated rings. The molecule has 1 heterocycles. The lowest BCUT2D eigenvalue weighted by Gasteiger charge is -2.09. The van der Waals surface area contributed by atoms with Gasteiger partial charge in [-0.15, -0.1) is 0 Å². The molecule has 1 aromatic heterocycles. The number of rotatable bonds is 4. The third kappa shape index (κ3) is 3.31. The van der Waals surface area contributed by atoms with E-state index in [1.807, 2.05) is 31.3 Å². The maximum Gasteiger partial charge on any atom is 0.161 e. The Morgan fingerprint density at radius 1 is 1.32 bits per heavy atom. The number of hydrogen-bond donors (Lipinski definition) is 2. The number of nitrogens with zero attached hydrogens (tertiary/aromatic N) is 1. The van der Waals surface area contributed by atoms with Crippen molar-refractivity contribution in [3.63, 3.8) is 0 Å². The van der Waals surface area contributed by atoms with E-state index in [1.54, 1.807) is 12.1 Å². The van der Waals surface area contributed by atoms with Crippen LogP contribution in [0.25, 0.3) is 0 Å². The molecule has 0 unspecified atom stereocenters. The number of benzene rings is 1. The van der Waals surface area contributed by atoms with Crippen molar-refractivity contribution >= 4 is 17.2 Å². The first-order valence-corrected chi connectivity index (χ1v) is 6.12. The standard InChI is InChI=1S/C15H17N3O/c1-10-3-4-12(8-17-10)9-18-13-5-6-14(11(2)19)15(16)7-13/h3-8,18H,9,16H2,1-2H3. The topological polar surface area (TPSA) is 68.0 Å². The van der Waals surface area contributed by atoms with E-state index in [2.05, 4.69) is 10.3 Å². The summed E-state index contributed by atoms with van der Waals surface area (Å²) in [5.41, 5.74) is 9.88. The Bertz CT molecular complexity index is 591. The molecule has 2 rings (SSSR count). The van der Waals surface area contributed by atoms with Gasteiger partial charge in [-0.1, -0.05) is 6.07 Å². The molecule has 0 bridgehead atoms. The van der Waals surface area contributed by atoms with Crippen LogP contribution in [0.2, 0.25) is 0 Å². The molecule has 19 heavy (non-hydrogen) atoms. The van der Waals surface area contributed by atoms with Crippen LogP contribution in [0.1, 0.15) is 28.5 Å². The average Bonchev–Trinajstić information content (AvgIpc) is 2.37. The third-order valence-electron chi connectivity index (χ3n) is 2.90. The van der Waals surface area contributed by atoms with Gasteiger partial charge in [0, 0.05) is 35.4 Å². The van der Waals surface area contributed by atoms with Crippen molar-refractivity contribution < 1.29 is 4.79 Å². The number of hydrogen-bond acceptors (Lipinski definition) is 4. The predicted octanol–water partition coefficient (Wildman–Crippen LogP) is 2.79. The first kappa shape index (κ1) is 13.1. The molecule has 1 aromatic carbocycles. The van der Waals surface area contributed by atoms with E-state index < -0.39 is 0 Å². The van der Waals surface area contributed by atoms with E-state index in [-0.39, 0.29) is 5.78 Å². The fourth-order valence-electron chi connectivity index (χ4n) is 1.80. The molecule has 2 aromatic rings. The number of nitrogen functional groups attached to an aromatic ring is 1. The van der Waals surface area contributed by atoms with Gasteiger partial charge in [0.1, 0.15) is 0 Å².